The third-order valence-corrected chi connectivity index (χ3v) is 1.38. The fourth-order valence-corrected chi connectivity index (χ4v) is 0.846. The van der Waals surface area contributed by atoms with Crippen LogP contribution in [0, 0.1) is 0 Å². The molecule has 60 valence electrons. The van der Waals surface area contributed by atoms with E-state index < -0.39 is 0 Å². The lowest BCUT2D eigenvalue weighted by Crippen LogP contribution is -1.98. The maximum absolute atomic E-state index is 8.89. The molecule has 0 unspecified atom stereocenters. The van der Waals surface area contributed by atoms with Crippen LogP contribution in [-0.4, -0.2) is 25.1 Å². The summed E-state index contributed by atoms with van der Waals surface area (Å²) in [4.78, 5) is 5.11. The summed E-state index contributed by atoms with van der Waals surface area (Å²) in [5, 5.41) is 16.7. The highest BCUT2D eigenvalue weighted by atomic mass is 16.3. The molecule has 0 atom stereocenters. The minimum Gasteiger partial charge on any atom is -0.493 e. The first-order chi connectivity index (χ1) is 5.86. The molecule has 0 spiro atoms. The lowest BCUT2D eigenvalue weighted by atomic mass is 10.4. The van der Waals surface area contributed by atoms with E-state index in [1.165, 1.54) is 17.1 Å². The van der Waals surface area contributed by atoms with Gasteiger partial charge in [0.15, 0.2) is 0 Å². The van der Waals surface area contributed by atoms with Crippen LogP contribution in [0.15, 0.2) is 30.7 Å². The van der Waals surface area contributed by atoms with Gasteiger partial charge in [-0.15, -0.1) is 0 Å². The molecular weight excluding hydrogens is 156 g/mol. The van der Waals surface area contributed by atoms with Crippen molar-refractivity contribution in [3.05, 3.63) is 30.7 Å². The molecule has 2 rings (SSSR count). The SMILES string of the molecule is Oc1ccc(-n2nccn2)cn1. The van der Waals surface area contributed by atoms with E-state index in [0.29, 0.717) is 0 Å². The predicted molar refractivity (Wildman–Crippen MR) is 40.8 cm³/mol. The van der Waals surface area contributed by atoms with E-state index in [2.05, 4.69) is 15.2 Å². The highest BCUT2D eigenvalue weighted by Gasteiger charge is 1.96. The van der Waals surface area contributed by atoms with Crippen LogP contribution >= 0.6 is 0 Å². The maximum Gasteiger partial charge on any atom is 0.210 e. The van der Waals surface area contributed by atoms with E-state index in [-0.39, 0.29) is 5.88 Å². The molecule has 0 bridgehead atoms. The number of aromatic nitrogens is 4. The molecule has 2 aromatic heterocycles. The van der Waals surface area contributed by atoms with E-state index in [9.17, 15) is 0 Å². The van der Waals surface area contributed by atoms with Gasteiger partial charge < -0.3 is 5.11 Å². The Hall–Kier alpha value is -1.91. The molecule has 5 nitrogen and oxygen atoms in total. The van der Waals surface area contributed by atoms with Crippen molar-refractivity contribution in [1.82, 2.24) is 20.0 Å². The van der Waals surface area contributed by atoms with E-state index in [4.69, 9.17) is 5.11 Å². The zero-order chi connectivity index (χ0) is 8.39. The molecule has 0 aliphatic heterocycles. The Morgan fingerprint density at radius 2 is 1.92 bits per heavy atom. The quantitative estimate of drug-likeness (QED) is 0.657. The first kappa shape index (κ1) is 6.78. The Labute approximate surface area is 68.3 Å². The molecular formula is C7H6N4O. The van der Waals surface area contributed by atoms with Gasteiger partial charge in [0.25, 0.3) is 0 Å². The molecule has 2 aromatic rings. The first-order valence-electron chi connectivity index (χ1n) is 3.38. The average Bonchev–Trinajstić information content (AvgIpc) is 2.58. The van der Waals surface area contributed by atoms with Crippen molar-refractivity contribution >= 4 is 0 Å². The van der Waals surface area contributed by atoms with Gasteiger partial charge in [-0.1, -0.05) is 0 Å². The van der Waals surface area contributed by atoms with Crippen molar-refractivity contribution in [3.8, 4) is 11.6 Å². The van der Waals surface area contributed by atoms with Crippen molar-refractivity contribution in [2.45, 2.75) is 0 Å². The molecule has 0 amide bonds. The van der Waals surface area contributed by atoms with Crippen molar-refractivity contribution in [3.63, 3.8) is 0 Å². The van der Waals surface area contributed by atoms with Gasteiger partial charge in [-0.25, -0.2) is 4.98 Å². The first-order valence-corrected chi connectivity index (χ1v) is 3.38. The zero-order valence-corrected chi connectivity index (χ0v) is 6.12. The van der Waals surface area contributed by atoms with E-state index >= 15 is 0 Å². The fourth-order valence-electron chi connectivity index (χ4n) is 0.846. The summed E-state index contributed by atoms with van der Waals surface area (Å²) >= 11 is 0. The third-order valence-electron chi connectivity index (χ3n) is 1.38. The fraction of sp³-hybridized carbons (Fsp3) is 0. The second kappa shape index (κ2) is 2.61. The Kier molecular flexibility index (Phi) is 1.48. The van der Waals surface area contributed by atoms with Crippen molar-refractivity contribution in [2.75, 3.05) is 0 Å². The van der Waals surface area contributed by atoms with Crippen LogP contribution in [0.3, 0.4) is 0 Å². The topological polar surface area (TPSA) is 63.8 Å². The summed E-state index contributed by atoms with van der Waals surface area (Å²) in [5.41, 5.74) is 0.720. The van der Waals surface area contributed by atoms with Gasteiger partial charge in [0, 0.05) is 6.07 Å². The van der Waals surface area contributed by atoms with E-state index in [1.807, 2.05) is 0 Å². The molecule has 5 heteroatoms. The maximum atomic E-state index is 8.89. The van der Waals surface area contributed by atoms with E-state index in [0.717, 1.165) is 5.69 Å². The van der Waals surface area contributed by atoms with Gasteiger partial charge in [0.05, 0.1) is 18.6 Å². The Bertz CT molecular complexity index is 353. The number of pyridine rings is 1. The second-order valence-corrected chi connectivity index (χ2v) is 2.19. The average molecular weight is 162 g/mol. The minimum atomic E-state index is -0.00842. The highest BCUT2D eigenvalue weighted by molar-refractivity contribution is 5.27. The Morgan fingerprint density at radius 3 is 2.50 bits per heavy atom. The summed E-state index contributed by atoms with van der Waals surface area (Å²) < 4.78 is 0. The van der Waals surface area contributed by atoms with Crippen molar-refractivity contribution < 1.29 is 5.11 Å². The summed E-state index contributed by atoms with van der Waals surface area (Å²) in [7, 11) is 0. The predicted octanol–water partition coefficient (Wildman–Crippen LogP) is 0.368. The standard InChI is InChI=1S/C7H6N4O/c12-7-2-1-6(5-8-7)11-9-3-4-10-11/h1-5H,(H,8,12). The lowest BCUT2D eigenvalue weighted by molar-refractivity contribution is 0.453. The largest absolute Gasteiger partial charge is 0.493 e. The smallest absolute Gasteiger partial charge is 0.210 e. The van der Waals surface area contributed by atoms with Crippen molar-refractivity contribution in [1.29, 1.82) is 0 Å². The summed E-state index contributed by atoms with van der Waals surface area (Å²) in [5.74, 6) is -0.00842. The van der Waals surface area contributed by atoms with Crippen LogP contribution in [0.1, 0.15) is 0 Å². The third kappa shape index (κ3) is 1.12. The van der Waals surface area contributed by atoms with E-state index in [1.54, 1.807) is 18.5 Å². The molecule has 1 N–H and O–H groups in total. The normalized spacial score (nSPS) is 10.0. The Balaban J connectivity index is 2.43. The summed E-state index contributed by atoms with van der Waals surface area (Å²) in [6, 6.07) is 3.17. The van der Waals surface area contributed by atoms with Crippen LogP contribution in [-0.2, 0) is 0 Å². The molecule has 0 fully saturated rings. The van der Waals surface area contributed by atoms with Gasteiger partial charge in [-0.05, 0) is 6.07 Å². The molecule has 0 radical (unpaired) electrons. The highest BCUT2D eigenvalue weighted by Crippen LogP contribution is 2.06. The van der Waals surface area contributed by atoms with Crippen LogP contribution in [0.25, 0.3) is 5.69 Å². The van der Waals surface area contributed by atoms with Gasteiger partial charge in [0.2, 0.25) is 5.88 Å². The molecule has 2 heterocycles. The number of rotatable bonds is 1. The zero-order valence-electron chi connectivity index (χ0n) is 6.12. The minimum absolute atomic E-state index is 0.00842. The summed E-state index contributed by atoms with van der Waals surface area (Å²) in [6.45, 7) is 0. The van der Waals surface area contributed by atoms with Crippen LogP contribution in [0.2, 0.25) is 0 Å². The molecule has 0 saturated heterocycles. The molecule has 0 aliphatic rings. The summed E-state index contributed by atoms with van der Waals surface area (Å²) in [6.07, 6.45) is 4.65. The monoisotopic (exact) mass is 162 g/mol. The van der Waals surface area contributed by atoms with Crippen LogP contribution in [0.5, 0.6) is 5.88 Å². The van der Waals surface area contributed by atoms with Gasteiger partial charge in [0.1, 0.15) is 5.69 Å². The molecule has 0 aliphatic carbocycles. The number of hydrogen-bond acceptors (Lipinski definition) is 4. The second-order valence-electron chi connectivity index (χ2n) is 2.19. The molecule has 0 aromatic carbocycles. The number of hydrogen-bond donors (Lipinski definition) is 1. The van der Waals surface area contributed by atoms with Crippen LogP contribution in [0.4, 0.5) is 0 Å². The van der Waals surface area contributed by atoms with Gasteiger partial charge in [-0.2, -0.15) is 15.0 Å². The molecule has 0 saturated carbocycles. The Morgan fingerprint density at radius 1 is 1.17 bits per heavy atom. The molecule has 12 heavy (non-hydrogen) atoms. The van der Waals surface area contributed by atoms with Crippen LogP contribution < -0.4 is 0 Å². The van der Waals surface area contributed by atoms with Crippen molar-refractivity contribution in [2.24, 2.45) is 0 Å². The van der Waals surface area contributed by atoms with Gasteiger partial charge >= 0.3 is 0 Å². The number of aromatic hydroxyl groups is 1. The van der Waals surface area contributed by atoms with Gasteiger partial charge in [-0.3, -0.25) is 0 Å². The lowest BCUT2D eigenvalue weighted by Gasteiger charge is -1.96. The number of nitrogens with zero attached hydrogens (tertiary/aromatic N) is 4.